The van der Waals surface area contributed by atoms with Crippen LogP contribution < -0.4 is 5.73 Å². The number of aromatic amines is 1. The van der Waals surface area contributed by atoms with E-state index in [2.05, 4.69) is 32.0 Å². The van der Waals surface area contributed by atoms with Crippen LogP contribution in [0.4, 0.5) is 5.95 Å². The molecule has 0 aliphatic carbocycles. The van der Waals surface area contributed by atoms with Crippen molar-refractivity contribution in [3.05, 3.63) is 35.7 Å². The summed E-state index contributed by atoms with van der Waals surface area (Å²) in [7, 11) is 1.67. The Morgan fingerprint density at radius 1 is 1.39 bits per heavy atom. The first-order valence-electron chi connectivity index (χ1n) is 8.96. The highest BCUT2D eigenvalue weighted by Crippen LogP contribution is 2.30. The molecule has 0 bridgehead atoms. The Morgan fingerprint density at radius 3 is 3.00 bits per heavy atom. The third kappa shape index (κ3) is 3.06. The average molecular weight is 376 g/mol. The van der Waals surface area contributed by atoms with Crippen LogP contribution >= 0.6 is 0 Å². The number of piperidine rings is 1. The van der Waals surface area contributed by atoms with E-state index in [0.717, 1.165) is 22.2 Å². The molecule has 4 rings (SSSR count). The van der Waals surface area contributed by atoms with Gasteiger partial charge < -0.3 is 15.7 Å². The third-order valence-electron chi connectivity index (χ3n) is 4.94. The van der Waals surface area contributed by atoms with Crippen LogP contribution in [0.5, 0.6) is 0 Å². The van der Waals surface area contributed by atoms with Gasteiger partial charge in [0.25, 0.3) is 5.91 Å². The molecule has 1 unspecified atom stereocenters. The van der Waals surface area contributed by atoms with Gasteiger partial charge in [0.2, 0.25) is 11.5 Å². The predicted octanol–water partition coefficient (Wildman–Crippen LogP) is 1.25. The maximum Gasteiger partial charge on any atom is 0.267 e. The lowest BCUT2D eigenvalue weighted by molar-refractivity contribution is -0.148. The Morgan fingerprint density at radius 2 is 2.21 bits per heavy atom. The molecule has 1 aliphatic heterocycles. The second kappa shape index (κ2) is 6.62. The minimum absolute atomic E-state index is 0.174. The highest BCUT2D eigenvalue weighted by Gasteiger charge is 2.39. The topological polar surface area (TPSA) is 121 Å². The molecule has 8 heteroatoms. The van der Waals surface area contributed by atoms with E-state index < -0.39 is 5.60 Å². The first-order chi connectivity index (χ1) is 13.4. The molecular weight excluding hydrogens is 356 g/mol. The van der Waals surface area contributed by atoms with Crippen molar-refractivity contribution in [2.24, 2.45) is 0 Å². The summed E-state index contributed by atoms with van der Waals surface area (Å²) in [6, 6.07) is 5.47. The van der Waals surface area contributed by atoms with Crippen LogP contribution in [0.1, 0.15) is 24.1 Å². The molecule has 142 valence electrons. The van der Waals surface area contributed by atoms with Crippen LogP contribution in [-0.2, 0) is 4.79 Å². The molecule has 0 spiro atoms. The number of nitrogens with two attached hydrogens (primary N) is 1. The number of H-pyrrole nitrogens is 1. The van der Waals surface area contributed by atoms with Crippen LogP contribution in [0.25, 0.3) is 22.2 Å². The number of likely N-dealkylation sites (N-methyl/N-ethyl adjacent to an activating group) is 1. The molecule has 1 saturated heterocycles. The molecule has 2 aromatic heterocycles. The Bertz CT molecular complexity index is 1140. The Balaban J connectivity index is 1.83. The number of rotatable bonds is 1. The molecule has 1 aromatic carbocycles. The fourth-order valence-corrected chi connectivity index (χ4v) is 3.51. The zero-order valence-electron chi connectivity index (χ0n) is 15.7. The van der Waals surface area contributed by atoms with Gasteiger partial charge in [-0.3, -0.25) is 9.89 Å². The molecule has 8 nitrogen and oxygen atoms in total. The molecule has 0 radical (unpaired) electrons. The lowest BCUT2D eigenvalue weighted by Crippen LogP contribution is -2.51. The molecule has 1 fully saturated rings. The summed E-state index contributed by atoms with van der Waals surface area (Å²) in [6.07, 6.45) is 2.62. The number of benzene rings is 1. The number of aliphatic hydroxyl groups is 1. The number of anilines is 1. The van der Waals surface area contributed by atoms with Crippen molar-refractivity contribution in [3.8, 4) is 23.1 Å². The highest BCUT2D eigenvalue weighted by molar-refractivity contribution is 5.97. The smallest absolute Gasteiger partial charge is 0.267 e. The number of aryl methyl sites for hydroxylation is 1. The van der Waals surface area contributed by atoms with Crippen LogP contribution in [0, 0.1) is 18.8 Å². The van der Waals surface area contributed by atoms with Crippen molar-refractivity contribution in [2.45, 2.75) is 25.4 Å². The number of hydrogen-bond donors (Lipinski definition) is 3. The number of nitrogens with one attached hydrogen (secondary N) is 1. The predicted molar refractivity (Wildman–Crippen MR) is 105 cm³/mol. The fraction of sp³-hybridized carbons (Fsp3) is 0.300. The molecule has 1 atom stereocenters. The summed E-state index contributed by atoms with van der Waals surface area (Å²) in [5, 5.41) is 18.9. The van der Waals surface area contributed by atoms with Gasteiger partial charge in [-0.05, 0) is 38.0 Å². The van der Waals surface area contributed by atoms with E-state index in [0.29, 0.717) is 30.6 Å². The average Bonchev–Trinajstić information content (AvgIpc) is 3.05. The second-order valence-electron chi connectivity index (χ2n) is 7.00. The zero-order chi connectivity index (χ0) is 19.9. The quantitative estimate of drug-likeness (QED) is 0.550. The lowest BCUT2D eigenvalue weighted by atomic mass is 9.92. The number of carbonyl (C=O) groups is 1. The summed E-state index contributed by atoms with van der Waals surface area (Å²) in [6.45, 7) is 2.53. The van der Waals surface area contributed by atoms with Crippen LogP contribution in [0.2, 0.25) is 0 Å². The van der Waals surface area contributed by atoms with Gasteiger partial charge in [0, 0.05) is 36.3 Å². The Hall–Kier alpha value is -3.44. The van der Waals surface area contributed by atoms with Gasteiger partial charge in [-0.1, -0.05) is 11.8 Å². The molecule has 3 aromatic rings. The van der Waals surface area contributed by atoms with Crippen molar-refractivity contribution in [1.29, 1.82) is 0 Å². The van der Waals surface area contributed by atoms with E-state index in [-0.39, 0.29) is 11.9 Å². The number of hydrogen-bond acceptors (Lipinski definition) is 6. The number of amides is 1. The Kier molecular flexibility index (Phi) is 4.24. The van der Waals surface area contributed by atoms with E-state index in [4.69, 9.17) is 5.73 Å². The minimum atomic E-state index is -1.66. The monoisotopic (exact) mass is 376 g/mol. The van der Waals surface area contributed by atoms with Crippen molar-refractivity contribution in [2.75, 3.05) is 19.3 Å². The van der Waals surface area contributed by atoms with Gasteiger partial charge in [0.05, 0.1) is 16.9 Å². The van der Waals surface area contributed by atoms with Gasteiger partial charge >= 0.3 is 0 Å². The fourth-order valence-electron chi connectivity index (χ4n) is 3.51. The zero-order valence-corrected chi connectivity index (χ0v) is 15.7. The van der Waals surface area contributed by atoms with Gasteiger partial charge in [-0.15, -0.1) is 0 Å². The molecule has 0 saturated carbocycles. The summed E-state index contributed by atoms with van der Waals surface area (Å²) in [5.41, 5.74) is 7.79. The summed E-state index contributed by atoms with van der Waals surface area (Å²) in [5.74, 6) is 5.55. The number of fused-ring (bicyclic) bond motifs is 1. The number of likely N-dealkylation sites (tertiary alicyclic amines) is 1. The van der Waals surface area contributed by atoms with Crippen LogP contribution in [-0.4, -0.2) is 55.3 Å². The molecule has 1 aliphatic rings. The molecule has 28 heavy (non-hydrogen) atoms. The molecule has 3 heterocycles. The normalized spacial score (nSPS) is 19.5. The van der Waals surface area contributed by atoms with E-state index >= 15 is 0 Å². The first kappa shape index (κ1) is 17.9. The summed E-state index contributed by atoms with van der Waals surface area (Å²) in [4.78, 5) is 22.1. The minimum Gasteiger partial charge on any atom is -0.369 e. The standard InChI is InChI=1S/C20H20N6O2/c1-12-17-14(15-5-8-22-19(21)23-15)10-13(11-16(17)25-24-12)4-7-20(28)6-3-9-26(2)18(20)27/h5,8,10-11,28H,3,6,9H2,1-2H3,(H,24,25)(H2,21,22,23). The summed E-state index contributed by atoms with van der Waals surface area (Å²) >= 11 is 0. The third-order valence-corrected chi connectivity index (χ3v) is 4.94. The van der Waals surface area contributed by atoms with E-state index in [9.17, 15) is 9.90 Å². The summed E-state index contributed by atoms with van der Waals surface area (Å²) < 4.78 is 0. The van der Waals surface area contributed by atoms with Gasteiger partial charge in [-0.2, -0.15) is 5.10 Å². The second-order valence-corrected chi connectivity index (χ2v) is 7.00. The van der Waals surface area contributed by atoms with E-state index in [1.54, 1.807) is 19.3 Å². The molecule has 1 amide bonds. The van der Waals surface area contributed by atoms with Crippen LogP contribution in [0.3, 0.4) is 0 Å². The van der Waals surface area contributed by atoms with Crippen molar-refractivity contribution in [1.82, 2.24) is 25.1 Å². The maximum absolute atomic E-state index is 12.3. The van der Waals surface area contributed by atoms with Crippen molar-refractivity contribution in [3.63, 3.8) is 0 Å². The largest absolute Gasteiger partial charge is 0.369 e. The first-order valence-corrected chi connectivity index (χ1v) is 8.96. The number of aromatic nitrogens is 4. The van der Waals surface area contributed by atoms with Gasteiger partial charge in [0.15, 0.2) is 0 Å². The molecule has 4 N–H and O–H groups in total. The Labute approximate surface area is 161 Å². The van der Waals surface area contributed by atoms with E-state index in [1.807, 2.05) is 19.1 Å². The van der Waals surface area contributed by atoms with Crippen LogP contribution in [0.15, 0.2) is 24.4 Å². The molecular formula is C20H20N6O2. The van der Waals surface area contributed by atoms with E-state index in [1.165, 1.54) is 4.90 Å². The van der Waals surface area contributed by atoms with Crippen molar-refractivity contribution < 1.29 is 9.90 Å². The number of nitrogens with zero attached hydrogens (tertiary/aromatic N) is 4. The van der Waals surface area contributed by atoms with Gasteiger partial charge in [0.1, 0.15) is 0 Å². The number of carbonyl (C=O) groups excluding carboxylic acids is 1. The lowest BCUT2D eigenvalue weighted by Gasteiger charge is -2.32. The highest BCUT2D eigenvalue weighted by atomic mass is 16.3. The number of nitrogen functional groups attached to an aromatic ring is 1. The van der Waals surface area contributed by atoms with Crippen molar-refractivity contribution >= 4 is 22.8 Å². The van der Waals surface area contributed by atoms with Gasteiger partial charge in [-0.25, -0.2) is 9.97 Å². The maximum atomic E-state index is 12.3. The SMILES string of the molecule is Cc1n[nH]c2cc(C#CC3(O)CCCN(C)C3=O)cc(-c3ccnc(N)n3)c12.